The molecule has 0 aromatic heterocycles. The fourth-order valence-electron chi connectivity index (χ4n) is 2.05. The van der Waals surface area contributed by atoms with Crippen LogP contribution in [-0.4, -0.2) is 20.2 Å². The van der Waals surface area contributed by atoms with Gasteiger partial charge in [0, 0.05) is 0 Å². The summed E-state index contributed by atoms with van der Waals surface area (Å²) in [7, 11) is 2.00. The molecule has 0 bridgehead atoms. The Morgan fingerprint density at radius 3 is 2.56 bits per heavy atom. The van der Waals surface area contributed by atoms with Gasteiger partial charge in [0.2, 0.25) is 0 Å². The number of hydrogen-bond donors (Lipinski definition) is 1. The highest BCUT2D eigenvalue weighted by Gasteiger charge is 2.14. The van der Waals surface area contributed by atoms with Crippen molar-refractivity contribution in [2.24, 2.45) is 11.8 Å². The fraction of sp³-hybridized carbons (Fsp3) is 0.600. The normalized spacial score (nSPS) is 12.8. The van der Waals surface area contributed by atoms with Crippen molar-refractivity contribution in [3.05, 3.63) is 28.8 Å². The van der Waals surface area contributed by atoms with Gasteiger partial charge in [-0.05, 0) is 56.5 Å². The average molecular weight is 270 g/mol. The first-order chi connectivity index (χ1) is 8.58. The van der Waals surface area contributed by atoms with Gasteiger partial charge in [0.25, 0.3) is 0 Å². The number of ether oxygens (including phenoxy) is 1. The molecule has 1 unspecified atom stereocenters. The Hall–Kier alpha value is -0.730. The summed E-state index contributed by atoms with van der Waals surface area (Å²) in [5.41, 5.74) is 1.28. The topological polar surface area (TPSA) is 21.3 Å². The Morgan fingerprint density at radius 1 is 1.33 bits per heavy atom. The summed E-state index contributed by atoms with van der Waals surface area (Å²) in [6.45, 7) is 8.16. The smallest absolute Gasteiger partial charge is 0.137 e. The number of nitrogens with one attached hydrogen (secondary N) is 1. The molecule has 18 heavy (non-hydrogen) atoms. The van der Waals surface area contributed by atoms with Crippen LogP contribution in [0.1, 0.15) is 26.3 Å². The summed E-state index contributed by atoms with van der Waals surface area (Å²) in [5, 5.41) is 3.97. The molecule has 0 aliphatic rings. The van der Waals surface area contributed by atoms with Crippen LogP contribution in [0, 0.1) is 11.8 Å². The highest BCUT2D eigenvalue weighted by molar-refractivity contribution is 6.32. The van der Waals surface area contributed by atoms with Crippen molar-refractivity contribution < 1.29 is 4.74 Å². The SMILES string of the molecule is CCOc1ccc(CC(CNC)C(C)C)cc1Cl. The molecular weight excluding hydrogens is 246 g/mol. The molecule has 0 radical (unpaired) electrons. The zero-order valence-corrected chi connectivity index (χ0v) is 12.6. The molecular formula is C15H24ClNO. The van der Waals surface area contributed by atoms with E-state index in [0.717, 1.165) is 18.7 Å². The number of benzene rings is 1. The molecule has 0 aliphatic heterocycles. The molecule has 2 nitrogen and oxygen atoms in total. The Balaban J connectivity index is 2.74. The van der Waals surface area contributed by atoms with Crippen LogP contribution in [0.2, 0.25) is 5.02 Å². The van der Waals surface area contributed by atoms with E-state index in [2.05, 4.69) is 25.2 Å². The number of rotatable bonds is 7. The summed E-state index contributed by atoms with van der Waals surface area (Å²) in [4.78, 5) is 0. The van der Waals surface area contributed by atoms with Crippen LogP contribution in [0.4, 0.5) is 0 Å². The van der Waals surface area contributed by atoms with Crippen molar-refractivity contribution >= 4 is 11.6 Å². The summed E-state index contributed by atoms with van der Waals surface area (Å²) in [6, 6.07) is 6.11. The Kier molecular flexibility index (Phi) is 6.51. The number of halogens is 1. The lowest BCUT2D eigenvalue weighted by Gasteiger charge is -2.21. The first-order valence-electron chi connectivity index (χ1n) is 6.64. The average Bonchev–Trinajstić information content (AvgIpc) is 2.32. The van der Waals surface area contributed by atoms with Gasteiger partial charge in [0.05, 0.1) is 11.6 Å². The first-order valence-corrected chi connectivity index (χ1v) is 7.02. The van der Waals surface area contributed by atoms with Gasteiger partial charge in [-0.1, -0.05) is 31.5 Å². The Labute approximate surface area is 116 Å². The van der Waals surface area contributed by atoms with E-state index in [1.807, 2.05) is 26.1 Å². The third-order valence-electron chi connectivity index (χ3n) is 3.20. The molecule has 0 amide bonds. The maximum Gasteiger partial charge on any atom is 0.137 e. The van der Waals surface area contributed by atoms with E-state index in [1.165, 1.54) is 5.56 Å². The minimum Gasteiger partial charge on any atom is -0.492 e. The first kappa shape index (κ1) is 15.3. The van der Waals surface area contributed by atoms with Crippen molar-refractivity contribution in [3.8, 4) is 5.75 Å². The maximum atomic E-state index is 6.21. The second kappa shape index (κ2) is 7.65. The third kappa shape index (κ3) is 4.51. The minimum absolute atomic E-state index is 0.629. The second-order valence-corrected chi connectivity index (χ2v) is 5.37. The van der Waals surface area contributed by atoms with Crippen molar-refractivity contribution in [2.75, 3.05) is 20.2 Å². The van der Waals surface area contributed by atoms with Gasteiger partial charge in [-0.15, -0.1) is 0 Å². The lowest BCUT2D eigenvalue weighted by molar-refractivity contribution is 0.340. The zero-order valence-electron chi connectivity index (χ0n) is 11.8. The van der Waals surface area contributed by atoms with Crippen LogP contribution in [0.5, 0.6) is 5.75 Å². The molecule has 0 saturated heterocycles. The third-order valence-corrected chi connectivity index (χ3v) is 3.50. The predicted molar refractivity (Wildman–Crippen MR) is 78.6 cm³/mol. The molecule has 1 rings (SSSR count). The summed E-state index contributed by atoms with van der Waals surface area (Å²) in [5.74, 6) is 2.06. The lowest BCUT2D eigenvalue weighted by Crippen LogP contribution is -2.25. The molecule has 1 N–H and O–H groups in total. The summed E-state index contributed by atoms with van der Waals surface area (Å²) >= 11 is 6.21. The molecule has 0 aliphatic carbocycles. The van der Waals surface area contributed by atoms with Crippen molar-refractivity contribution in [1.82, 2.24) is 5.32 Å². The Bertz CT molecular complexity index is 366. The molecule has 1 aromatic rings. The molecule has 0 saturated carbocycles. The summed E-state index contributed by atoms with van der Waals surface area (Å²) < 4.78 is 5.45. The van der Waals surface area contributed by atoms with Crippen LogP contribution in [-0.2, 0) is 6.42 Å². The highest BCUT2D eigenvalue weighted by atomic mass is 35.5. The molecule has 0 spiro atoms. The van der Waals surface area contributed by atoms with E-state index >= 15 is 0 Å². The molecule has 102 valence electrons. The van der Waals surface area contributed by atoms with Gasteiger partial charge < -0.3 is 10.1 Å². The van der Waals surface area contributed by atoms with Crippen LogP contribution < -0.4 is 10.1 Å². The molecule has 0 heterocycles. The van der Waals surface area contributed by atoms with Gasteiger partial charge in [0.15, 0.2) is 0 Å². The second-order valence-electron chi connectivity index (χ2n) is 4.96. The van der Waals surface area contributed by atoms with E-state index in [-0.39, 0.29) is 0 Å². The Morgan fingerprint density at radius 2 is 2.06 bits per heavy atom. The zero-order chi connectivity index (χ0) is 13.5. The summed E-state index contributed by atoms with van der Waals surface area (Å²) in [6.07, 6.45) is 1.05. The standard InChI is InChI=1S/C15H24ClNO/c1-5-18-15-7-6-12(9-14(15)16)8-13(10-17-4)11(2)3/h6-7,9,11,13,17H,5,8,10H2,1-4H3. The van der Waals surface area contributed by atoms with Crippen LogP contribution in [0.15, 0.2) is 18.2 Å². The quantitative estimate of drug-likeness (QED) is 0.814. The van der Waals surface area contributed by atoms with E-state index in [0.29, 0.717) is 23.5 Å². The molecule has 1 aromatic carbocycles. The van der Waals surface area contributed by atoms with Crippen LogP contribution >= 0.6 is 11.6 Å². The van der Waals surface area contributed by atoms with Crippen molar-refractivity contribution in [3.63, 3.8) is 0 Å². The van der Waals surface area contributed by atoms with Crippen LogP contribution in [0.3, 0.4) is 0 Å². The number of hydrogen-bond acceptors (Lipinski definition) is 2. The molecule has 3 heteroatoms. The van der Waals surface area contributed by atoms with Crippen LogP contribution in [0.25, 0.3) is 0 Å². The van der Waals surface area contributed by atoms with E-state index in [9.17, 15) is 0 Å². The monoisotopic (exact) mass is 269 g/mol. The van der Waals surface area contributed by atoms with Gasteiger partial charge in [-0.25, -0.2) is 0 Å². The van der Waals surface area contributed by atoms with Crippen molar-refractivity contribution in [1.29, 1.82) is 0 Å². The maximum absolute atomic E-state index is 6.21. The van der Waals surface area contributed by atoms with E-state index < -0.39 is 0 Å². The van der Waals surface area contributed by atoms with Crippen molar-refractivity contribution in [2.45, 2.75) is 27.2 Å². The predicted octanol–water partition coefficient (Wildman–Crippen LogP) is 3.77. The largest absolute Gasteiger partial charge is 0.492 e. The van der Waals surface area contributed by atoms with Gasteiger partial charge in [0.1, 0.15) is 5.75 Å². The van der Waals surface area contributed by atoms with Gasteiger partial charge in [-0.2, -0.15) is 0 Å². The molecule has 1 atom stereocenters. The van der Waals surface area contributed by atoms with E-state index in [4.69, 9.17) is 16.3 Å². The minimum atomic E-state index is 0.629. The van der Waals surface area contributed by atoms with Gasteiger partial charge >= 0.3 is 0 Å². The van der Waals surface area contributed by atoms with Gasteiger partial charge in [-0.3, -0.25) is 0 Å². The fourth-order valence-corrected chi connectivity index (χ4v) is 2.31. The van der Waals surface area contributed by atoms with E-state index in [1.54, 1.807) is 0 Å². The highest BCUT2D eigenvalue weighted by Crippen LogP contribution is 2.27. The molecule has 0 fully saturated rings. The lowest BCUT2D eigenvalue weighted by atomic mass is 9.89.